The summed E-state index contributed by atoms with van der Waals surface area (Å²) in [5.74, 6) is 0.742. The van der Waals surface area contributed by atoms with Crippen LogP contribution in [0.1, 0.15) is 24.1 Å². The molecule has 1 N–H and O–H groups in total. The molecule has 1 unspecified atom stereocenters. The number of nitrogens with zero attached hydrogens (tertiary/aromatic N) is 3. The highest BCUT2D eigenvalue weighted by molar-refractivity contribution is 7.85. The van der Waals surface area contributed by atoms with Crippen LogP contribution >= 0.6 is 0 Å². The molecule has 2 aromatic carbocycles. The molecule has 1 aliphatic carbocycles. The van der Waals surface area contributed by atoms with Crippen molar-refractivity contribution >= 4 is 27.5 Å². The quantitative estimate of drug-likeness (QED) is 0.694. The fraction of sp³-hybridized carbons (Fsp3) is 0.364. The average molecular weight is 393 g/mol. The number of hydrogen-bond acceptors (Lipinski definition) is 5. The molecule has 0 saturated carbocycles. The molecule has 1 fully saturated rings. The number of fused-ring (bicyclic) bond motifs is 2. The van der Waals surface area contributed by atoms with Gasteiger partial charge in [-0.1, -0.05) is 30.3 Å². The molecule has 0 bridgehead atoms. The Labute approximate surface area is 167 Å². The lowest BCUT2D eigenvalue weighted by atomic mass is 9.97. The summed E-state index contributed by atoms with van der Waals surface area (Å²) in [6.07, 6.45) is 4.14. The molecule has 0 radical (unpaired) electrons. The second-order valence-corrected chi connectivity index (χ2v) is 8.87. The minimum atomic E-state index is -1.30. The van der Waals surface area contributed by atoms with Crippen LogP contribution in [0.5, 0.6) is 0 Å². The monoisotopic (exact) mass is 392 g/mol. The third kappa shape index (κ3) is 3.31. The van der Waals surface area contributed by atoms with Crippen LogP contribution in [0.15, 0.2) is 52.4 Å². The van der Waals surface area contributed by atoms with E-state index in [4.69, 9.17) is 9.97 Å². The lowest BCUT2D eigenvalue weighted by Crippen LogP contribution is -2.44. The summed E-state index contributed by atoms with van der Waals surface area (Å²) in [5.41, 5.74) is 2.20. The van der Waals surface area contributed by atoms with E-state index in [2.05, 4.69) is 22.3 Å². The smallest absolute Gasteiger partial charge is 0.226 e. The van der Waals surface area contributed by atoms with E-state index in [9.17, 15) is 4.21 Å². The maximum Gasteiger partial charge on any atom is 0.226 e. The summed E-state index contributed by atoms with van der Waals surface area (Å²) in [6.45, 7) is 3.65. The summed E-state index contributed by atoms with van der Waals surface area (Å²) >= 11 is 0. The predicted octanol–water partition coefficient (Wildman–Crippen LogP) is 3.08. The van der Waals surface area contributed by atoms with Crippen molar-refractivity contribution in [3.63, 3.8) is 0 Å². The van der Waals surface area contributed by atoms with Gasteiger partial charge in [-0.2, -0.15) is 0 Å². The van der Waals surface area contributed by atoms with Gasteiger partial charge in [-0.15, -0.1) is 0 Å². The van der Waals surface area contributed by atoms with Gasteiger partial charge in [0.05, 0.1) is 5.69 Å². The van der Waals surface area contributed by atoms with Crippen molar-refractivity contribution in [2.45, 2.75) is 35.6 Å². The number of aryl methyl sites for hydroxylation is 1. The van der Waals surface area contributed by atoms with Gasteiger partial charge in [0.15, 0.2) is 0 Å². The zero-order valence-electron chi connectivity index (χ0n) is 15.9. The van der Waals surface area contributed by atoms with E-state index in [0.29, 0.717) is 5.03 Å². The van der Waals surface area contributed by atoms with Crippen molar-refractivity contribution < 1.29 is 4.21 Å². The minimum Gasteiger partial charge on any atom is -0.338 e. The van der Waals surface area contributed by atoms with Crippen LogP contribution in [0.2, 0.25) is 0 Å². The van der Waals surface area contributed by atoms with Gasteiger partial charge in [0.25, 0.3) is 0 Å². The Morgan fingerprint density at radius 2 is 1.71 bits per heavy atom. The first-order chi connectivity index (χ1) is 13.8. The first-order valence-electron chi connectivity index (χ1n) is 10.1. The van der Waals surface area contributed by atoms with E-state index in [1.54, 1.807) is 0 Å². The standard InChI is InChI=1S/C22H24N4OS/c27-28(18-10-9-16-5-1-2-6-17(16)15-18)21-19-7-3-4-8-20(19)24-22(25-21)26-13-11-23-12-14-26/h1-2,5-6,9-10,15,23H,3-4,7-8,11-14H2. The molecule has 1 aromatic heterocycles. The van der Waals surface area contributed by atoms with Crippen molar-refractivity contribution in [1.82, 2.24) is 15.3 Å². The van der Waals surface area contributed by atoms with Crippen LogP contribution < -0.4 is 10.2 Å². The van der Waals surface area contributed by atoms with E-state index in [1.807, 2.05) is 30.3 Å². The SMILES string of the molecule is O=S(c1ccc2ccccc2c1)c1nc(N2CCNCC2)nc2c1CCCC2. The Hall–Kier alpha value is -2.31. The predicted molar refractivity (Wildman–Crippen MR) is 112 cm³/mol. The molecule has 1 atom stereocenters. The lowest BCUT2D eigenvalue weighted by Gasteiger charge is -2.29. The van der Waals surface area contributed by atoms with Crippen molar-refractivity contribution in [2.24, 2.45) is 0 Å². The molecule has 1 saturated heterocycles. The summed E-state index contributed by atoms with van der Waals surface area (Å²) in [7, 11) is -1.30. The molecule has 6 heteroatoms. The highest BCUT2D eigenvalue weighted by atomic mass is 32.2. The molecular formula is C22H24N4OS. The van der Waals surface area contributed by atoms with E-state index >= 15 is 0 Å². The van der Waals surface area contributed by atoms with Gasteiger partial charge in [0, 0.05) is 36.6 Å². The van der Waals surface area contributed by atoms with Gasteiger partial charge < -0.3 is 10.2 Å². The van der Waals surface area contributed by atoms with Gasteiger partial charge >= 0.3 is 0 Å². The number of benzene rings is 2. The summed E-state index contributed by atoms with van der Waals surface area (Å²) < 4.78 is 13.6. The van der Waals surface area contributed by atoms with Crippen LogP contribution in [0.4, 0.5) is 5.95 Å². The van der Waals surface area contributed by atoms with Gasteiger partial charge in [0.2, 0.25) is 5.95 Å². The van der Waals surface area contributed by atoms with Crippen LogP contribution in [0.25, 0.3) is 10.8 Å². The van der Waals surface area contributed by atoms with Crippen LogP contribution in [0.3, 0.4) is 0 Å². The molecule has 5 nitrogen and oxygen atoms in total. The Morgan fingerprint density at radius 3 is 2.57 bits per heavy atom. The fourth-order valence-corrected chi connectivity index (χ4v) is 5.36. The number of piperazine rings is 1. The number of aromatic nitrogens is 2. The largest absolute Gasteiger partial charge is 0.338 e. The molecule has 144 valence electrons. The lowest BCUT2D eigenvalue weighted by molar-refractivity contribution is 0.570. The molecule has 0 amide bonds. The third-order valence-electron chi connectivity index (χ3n) is 5.64. The normalized spacial score (nSPS) is 18.1. The maximum absolute atomic E-state index is 13.6. The maximum atomic E-state index is 13.6. The first-order valence-corrected chi connectivity index (χ1v) is 11.2. The second-order valence-electron chi connectivity index (χ2n) is 7.48. The Balaban J connectivity index is 1.59. The van der Waals surface area contributed by atoms with Gasteiger partial charge in [-0.05, 0) is 48.6 Å². The topological polar surface area (TPSA) is 58.1 Å². The van der Waals surface area contributed by atoms with Crippen molar-refractivity contribution in [2.75, 3.05) is 31.1 Å². The highest BCUT2D eigenvalue weighted by Crippen LogP contribution is 2.30. The van der Waals surface area contributed by atoms with Crippen LogP contribution in [-0.2, 0) is 23.6 Å². The number of nitrogens with one attached hydrogen (secondary N) is 1. The van der Waals surface area contributed by atoms with E-state index in [1.165, 1.54) is 0 Å². The summed E-state index contributed by atoms with van der Waals surface area (Å²) in [4.78, 5) is 12.8. The molecule has 1 aliphatic heterocycles. The molecular weight excluding hydrogens is 368 g/mol. The zero-order valence-corrected chi connectivity index (χ0v) is 16.7. The fourth-order valence-electron chi connectivity index (χ4n) is 4.10. The number of anilines is 1. The van der Waals surface area contributed by atoms with Crippen LogP contribution in [0, 0.1) is 0 Å². The van der Waals surface area contributed by atoms with Crippen LogP contribution in [-0.4, -0.2) is 40.4 Å². The van der Waals surface area contributed by atoms with Gasteiger partial charge in [-0.3, -0.25) is 0 Å². The molecule has 2 heterocycles. The molecule has 28 heavy (non-hydrogen) atoms. The minimum absolute atomic E-state index is 0.716. The third-order valence-corrected chi connectivity index (χ3v) is 7.01. The zero-order chi connectivity index (χ0) is 18.9. The highest BCUT2D eigenvalue weighted by Gasteiger charge is 2.25. The van der Waals surface area contributed by atoms with Crippen molar-refractivity contribution in [3.05, 3.63) is 53.7 Å². The molecule has 5 rings (SSSR count). The number of rotatable bonds is 3. The van der Waals surface area contributed by atoms with E-state index in [-0.39, 0.29) is 0 Å². The summed E-state index contributed by atoms with van der Waals surface area (Å²) in [6, 6.07) is 14.2. The molecule has 0 spiro atoms. The van der Waals surface area contributed by atoms with E-state index < -0.39 is 10.8 Å². The molecule has 2 aliphatic rings. The van der Waals surface area contributed by atoms with Crippen molar-refractivity contribution in [3.8, 4) is 0 Å². The Bertz CT molecular complexity index is 1050. The van der Waals surface area contributed by atoms with Gasteiger partial charge in [0.1, 0.15) is 15.8 Å². The Kier molecular flexibility index (Phi) is 4.82. The van der Waals surface area contributed by atoms with Gasteiger partial charge in [-0.25, -0.2) is 14.2 Å². The number of hydrogen-bond donors (Lipinski definition) is 1. The average Bonchev–Trinajstić information content (AvgIpc) is 2.78. The molecule has 3 aromatic rings. The van der Waals surface area contributed by atoms with Crippen molar-refractivity contribution in [1.29, 1.82) is 0 Å². The van der Waals surface area contributed by atoms with E-state index in [0.717, 1.165) is 84.7 Å². The first kappa shape index (κ1) is 17.8. The second kappa shape index (κ2) is 7.60. The Morgan fingerprint density at radius 1 is 0.929 bits per heavy atom. The summed E-state index contributed by atoms with van der Waals surface area (Å²) in [5, 5.41) is 6.36.